The lowest BCUT2D eigenvalue weighted by Crippen LogP contribution is -2.42. The molecule has 174 valence electrons. The second kappa shape index (κ2) is 10.3. The van der Waals surface area contributed by atoms with Crippen LogP contribution in [0, 0.1) is 0 Å². The molecule has 4 rings (SSSR count). The predicted octanol–water partition coefficient (Wildman–Crippen LogP) is 5.53. The average Bonchev–Trinajstić information content (AvgIpc) is 2.80. The van der Waals surface area contributed by atoms with Crippen molar-refractivity contribution in [1.29, 1.82) is 0 Å². The van der Waals surface area contributed by atoms with Gasteiger partial charge in [-0.2, -0.15) is 4.98 Å². The molecule has 1 fully saturated rings. The maximum Gasteiger partial charge on any atom is 0.225 e. The Bertz CT molecular complexity index is 1100. The SMILES string of the molecule is CC(C)c1ccccc1NC(=S)NC1CCC(Nc2nc(N(C)C)c3ccccc3n2)CC1. The number of hydrogen-bond acceptors (Lipinski definition) is 5. The summed E-state index contributed by atoms with van der Waals surface area (Å²) >= 11 is 5.62. The van der Waals surface area contributed by atoms with Crippen LogP contribution in [0.1, 0.15) is 51.0 Å². The van der Waals surface area contributed by atoms with E-state index in [4.69, 9.17) is 22.2 Å². The first kappa shape index (κ1) is 23.2. The van der Waals surface area contributed by atoms with Crippen LogP contribution in [0.15, 0.2) is 48.5 Å². The number of anilines is 3. The van der Waals surface area contributed by atoms with Crippen LogP contribution in [0.2, 0.25) is 0 Å². The first-order chi connectivity index (χ1) is 15.9. The molecule has 0 radical (unpaired) electrons. The van der Waals surface area contributed by atoms with Crippen molar-refractivity contribution in [2.75, 3.05) is 29.6 Å². The van der Waals surface area contributed by atoms with Crippen LogP contribution < -0.4 is 20.9 Å². The minimum Gasteiger partial charge on any atom is -0.362 e. The highest BCUT2D eigenvalue weighted by Crippen LogP contribution is 2.27. The van der Waals surface area contributed by atoms with Crippen molar-refractivity contribution in [2.45, 2.75) is 57.5 Å². The number of thiocarbonyl (C=S) groups is 1. The van der Waals surface area contributed by atoms with Crippen molar-refractivity contribution in [3.05, 3.63) is 54.1 Å². The fourth-order valence-corrected chi connectivity index (χ4v) is 4.76. The molecule has 3 aromatic rings. The molecule has 0 saturated heterocycles. The van der Waals surface area contributed by atoms with Gasteiger partial charge in [-0.3, -0.25) is 0 Å². The molecule has 1 aliphatic carbocycles. The average molecular weight is 463 g/mol. The Morgan fingerprint density at radius 2 is 1.61 bits per heavy atom. The summed E-state index contributed by atoms with van der Waals surface area (Å²) in [5.41, 5.74) is 3.33. The van der Waals surface area contributed by atoms with Gasteiger partial charge in [0.1, 0.15) is 5.82 Å². The van der Waals surface area contributed by atoms with Gasteiger partial charge in [0.2, 0.25) is 5.95 Å². The zero-order chi connectivity index (χ0) is 23.4. The second-order valence-electron chi connectivity index (χ2n) is 9.32. The highest BCUT2D eigenvalue weighted by molar-refractivity contribution is 7.80. The van der Waals surface area contributed by atoms with E-state index >= 15 is 0 Å². The number of fused-ring (bicyclic) bond motifs is 1. The standard InChI is InChI=1S/C26H34N6S/c1-17(2)20-9-5-7-11-22(20)30-26(33)28-19-15-13-18(14-16-19)27-25-29-23-12-8-6-10-21(23)24(31-25)32(3)4/h5-12,17-19H,13-16H2,1-4H3,(H,27,29,31)(H2,28,30,33). The summed E-state index contributed by atoms with van der Waals surface area (Å²) in [7, 11) is 4.04. The zero-order valence-corrected chi connectivity index (χ0v) is 20.7. The highest BCUT2D eigenvalue weighted by Gasteiger charge is 2.23. The Labute approximate surface area is 202 Å². The lowest BCUT2D eigenvalue weighted by atomic mass is 9.91. The molecule has 2 aromatic carbocycles. The monoisotopic (exact) mass is 462 g/mol. The Morgan fingerprint density at radius 3 is 2.33 bits per heavy atom. The highest BCUT2D eigenvalue weighted by atomic mass is 32.1. The third-order valence-electron chi connectivity index (χ3n) is 6.23. The van der Waals surface area contributed by atoms with Crippen molar-refractivity contribution in [2.24, 2.45) is 0 Å². The smallest absolute Gasteiger partial charge is 0.225 e. The van der Waals surface area contributed by atoms with Crippen LogP contribution in [0.3, 0.4) is 0 Å². The minimum atomic E-state index is 0.363. The summed E-state index contributed by atoms with van der Waals surface area (Å²) in [6.07, 6.45) is 4.21. The quantitative estimate of drug-likeness (QED) is 0.416. The fraction of sp³-hybridized carbons (Fsp3) is 0.423. The van der Waals surface area contributed by atoms with Gasteiger partial charge in [-0.1, -0.05) is 44.2 Å². The lowest BCUT2D eigenvalue weighted by molar-refractivity contribution is 0.387. The minimum absolute atomic E-state index is 0.363. The number of hydrogen-bond donors (Lipinski definition) is 3. The Balaban J connectivity index is 1.33. The van der Waals surface area contributed by atoms with E-state index in [0.717, 1.165) is 48.1 Å². The molecular formula is C26H34N6S. The topological polar surface area (TPSA) is 65.1 Å². The Hall–Kier alpha value is -2.93. The molecule has 0 atom stereocenters. The van der Waals surface area contributed by atoms with Crippen molar-refractivity contribution < 1.29 is 0 Å². The third kappa shape index (κ3) is 5.71. The first-order valence-corrected chi connectivity index (χ1v) is 12.2. The molecule has 1 aromatic heterocycles. The third-order valence-corrected chi connectivity index (χ3v) is 6.45. The summed E-state index contributed by atoms with van der Waals surface area (Å²) in [6.45, 7) is 4.40. The molecule has 3 N–H and O–H groups in total. The van der Waals surface area contributed by atoms with Gasteiger partial charge in [0, 0.05) is 37.3 Å². The molecule has 1 aliphatic rings. The largest absolute Gasteiger partial charge is 0.362 e. The maximum atomic E-state index is 5.62. The molecule has 0 amide bonds. The number of nitrogens with one attached hydrogen (secondary N) is 3. The van der Waals surface area contributed by atoms with E-state index in [-0.39, 0.29) is 0 Å². The van der Waals surface area contributed by atoms with Crippen LogP contribution in [-0.2, 0) is 0 Å². The van der Waals surface area contributed by atoms with E-state index < -0.39 is 0 Å². The summed E-state index contributed by atoms with van der Waals surface area (Å²) in [4.78, 5) is 11.6. The van der Waals surface area contributed by atoms with E-state index in [9.17, 15) is 0 Å². The number of aromatic nitrogens is 2. The second-order valence-corrected chi connectivity index (χ2v) is 9.72. The van der Waals surface area contributed by atoms with Crippen LogP contribution >= 0.6 is 12.2 Å². The van der Waals surface area contributed by atoms with E-state index in [1.54, 1.807) is 0 Å². The fourth-order valence-electron chi connectivity index (χ4n) is 4.49. The molecule has 1 heterocycles. The van der Waals surface area contributed by atoms with Crippen molar-refractivity contribution >= 4 is 45.7 Å². The molecule has 7 heteroatoms. The van der Waals surface area contributed by atoms with Crippen LogP contribution in [0.4, 0.5) is 17.5 Å². The van der Waals surface area contributed by atoms with Gasteiger partial charge in [0.25, 0.3) is 0 Å². The van der Waals surface area contributed by atoms with Crippen LogP contribution in [0.25, 0.3) is 10.9 Å². The van der Waals surface area contributed by atoms with E-state index in [1.807, 2.05) is 43.3 Å². The number of rotatable bonds is 6. The van der Waals surface area contributed by atoms with Gasteiger partial charge >= 0.3 is 0 Å². The molecule has 0 aliphatic heterocycles. The van der Waals surface area contributed by atoms with Gasteiger partial charge in [-0.25, -0.2) is 4.98 Å². The summed E-state index contributed by atoms with van der Waals surface area (Å²) < 4.78 is 0. The van der Waals surface area contributed by atoms with Gasteiger partial charge in [0.05, 0.1) is 5.52 Å². The molecule has 6 nitrogen and oxygen atoms in total. The van der Waals surface area contributed by atoms with Gasteiger partial charge < -0.3 is 20.9 Å². The Morgan fingerprint density at radius 1 is 0.939 bits per heavy atom. The molecule has 0 unspecified atom stereocenters. The summed E-state index contributed by atoms with van der Waals surface area (Å²) in [5.74, 6) is 2.09. The van der Waals surface area contributed by atoms with E-state index in [2.05, 4.69) is 54.1 Å². The molecule has 0 spiro atoms. The summed E-state index contributed by atoms with van der Waals surface area (Å²) in [6, 6.07) is 17.3. The predicted molar refractivity (Wildman–Crippen MR) is 143 cm³/mol. The van der Waals surface area contributed by atoms with E-state index in [1.165, 1.54) is 5.56 Å². The number of nitrogens with zero attached hydrogens (tertiary/aromatic N) is 3. The molecule has 0 bridgehead atoms. The molecular weight excluding hydrogens is 428 g/mol. The van der Waals surface area contributed by atoms with Crippen LogP contribution in [-0.4, -0.2) is 41.3 Å². The number of benzene rings is 2. The molecule has 1 saturated carbocycles. The molecule has 33 heavy (non-hydrogen) atoms. The lowest BCUT2D eigenvalue weighted by Gasteiger charge is -2.31. The van der Waals surface area contributed by atoms with Crippen molar-refractivity contribution in [3.8, 4) is 0 Å². The zero-order valence-electron chi connectivity index (χ0n) is 19.9. The number of para-hydroxylation sites is 2. The van der Waals surface area contributed by atoms with Crippen LogP contribution in [0.5, 0.6) is 0 Å². The Kier molecular flexibility index (Phi) is 7.28. The van der Waals surface area contributed by atoms with Crippen molar-refractivity contribution in [1.82, 2.24) is 15.3 Å². The van der Waals surface area contributed by atoms with Gasteiger partial charge in [-0.05, 0) is 67.6 Å². The first-order valence-electron chi connectivity index (χ1n) is 11.8. The maximum absolute atomic E-state index is 5.62. The van der Waals surface area contributed by atoms with Gasteiger partial charge in [-0.15, -0.1) is 0 Å². The normalized spacial score (nSPS) is 18.2. The van der Waals surface area contributed by atoms with Gasteiger partial charge in [0.15, 0.2) is 5.11 Å². The summed E-state index contributed by atoms with van der Waals surface area (Å²) in [5, 5.41) is 12.3. The van der Waals surface area contributed by atoms with E-state index in [0.29, 0.717) is 29.1 Å². The van der Waals surface area contributed by atoms with Crippen molar-refractivity contribution in [3.63, 3.8) is 0 Å².